The Kier molecular flexibility index (Phi) is 5.82. The Morgan fingerprint density at radius 2 is 2.11 bits per heavy atom. The number of carbonyl (C=O) groups is 1. The van der Waals surface area contributed by atoms with Gasteiger partial charge in [0.1, 0.15) is 0 Å². The molecule has 0 spiro atoms. The molecule has 2 N–H and O–H groups in total. The monoisotopic (exact) mass is 302 g/mol. The van der Waals surface area contributed by atoms with Crippen molar-refractivity contribution in [1.82, 2.24) is 4.98 Å². The average molecular weight is 302 g/mol. The van der Waals surface area contributed by atoms with E-state index in [0.29, 0.717) is 17.0 Å². The molecule has 19 heavy (non-hydrogen) atoms. The number of aromatic nitrogens is 1. The summed E-state index contributed by atoms with van der Waals surface area (Å²) in [6.45, 7) is 5.59. The van der Waals surface area contributed by atoms with E-state index in [-0.39, 0.29) is 14.7 Å². The van der Waals surface area contributed by atoms with Crippen molar-refractivity contribution in [3.05, 3.63) is 18.3 Å². The number of pyridine rings is 1. The number of rotatable bonds is 4. The van der Waals surface area contributed by atoms with Crippen molar-refractivity contribution in [2.24, 2.45) is 5.41 Å². The van der Waals surface area contributed by atoms with Crippen molar-refractivity contribution < 1.29 is 14.6 Å². The lowest BCUT2D eigenvalue weighted by atomic mass is 9.95. The van der Waals surface area contributed by atoms with E-state index in [2.05, 4.69) is 4.98 Å². The first-order valence-electron chi connectivity index (χ1n) is 5.85. The third-order valence-corrected chi connectivity index (χ3v) is 5.11. The Morgan fingerprint density at radius 3 is 2.53 bits per heavy atom. The second-order valence-corrected chi connectivity index (χ2v) is 8.04. The van der Waals surface area contributed by atoms with Crippen LogP contribution in [-0.2, 0) is 4.79 Å². The minimum absolute atomic E-state index is 0.00477. The van der Waals surface area contributed by atoms with Gasteiger partial charge in [0.05, 0.1) is 25.5 Å². The molecule has 1 aromatic rings. The largest absolute Gasteiger partial charge is 0.377 e. The molecular weight excluding hydrogens is 282 g/mol. The Balaban J connectivity index is 2.84. The lowest BCUT2D eigenvalue weighted by molar-refractivity contribution is -0.125. The number of anilines is 1. The molecular formula is C12H20N2O3P2. The van der Waals surface area contributed by atoms with Gasteiger partial charge in [0.2, 0.25) is 5.91 Å². The van der Waals surface area contributed by atoms with Crippen LogP contribution in [-0.4, -0.2) is 33.6 Å². The molecule has 0 radical (unpaired) electrons. The molecule has 0 aliphatic carbocycles. The second kappa shape index (κ2) is 6.71. The van der Waals surface area contributed by atoms with Gasteiger partial charge in [-0.2, -0.15) is 0 Å². The van der Waals surface area contributed by atoms with Crippen LogP contribution in [0.5, 0.6) is 0 Å². The molecule has 0 fully saturated rings. The van der Waals surface area contributed by atoms with E-state index >= 15 is 0 Å². The Bertz CT molecular complexity index is 432. The van der Waals surface area contributed by atoms with Gasteiger partial charge >= 0.3 is 0 Å². The summed E-state index contributed by atoms with van der Waals surface area (Å²) in [7, 11) is 0.0308. The number of nitrogens with zero attached hydrogens (tertiary/aromatic N) is 2. The van der Waals surface area contributed by atoms with Crippen molar-refractivity contribution in [2.45, 2.75) is 20.8 Å². The van der Waals surface area contributed by atoms with Crippen molar-refractivity contribution in [3.63, 3.8) is 0 Å². The molecule has 0 aliphatic rings. The zero-order valence-electron chi connectivity index (χ0n) is 11.6. The van der Waals surface area contributed by atoms with Crippen LogP contribution in [0.4, 0.5) is 5.69 Å². The lowest BCUT2D eigenvalue weighted by Gasteiger charge is -2.25. The van der Waals surface area contributed by atoms with Gasteiger partial charge in [0.15, 0.2) is 0 Å². The number of carbonyl (C=O) groups excluding carboxylic acids is 1. The summed E-state index contributed by atoms with van der Waals surface area (Å²) in [5.41, 5.74) is 0.810. The van der Waals surface area contributed by atoms with E-state index in [0.717, 1.165) is 0 Å². The molecule has 1 aromatic heterocycles. The van der Waals surface area contributed by atoms with E-state index < -0.39 is 13.6 Å². The van der Waals surface area contributed by atoms with Crippen LogP contribution in [0.25, 0.3) is 0 Å². The maximum absolute atomic E-state index is 12.1. The molecule has 106 valence electrons. The number of hydrogen-bond acceptors (Lipinski definition) is 4. The van der Waals surface area contributed by atoms with Crippen LogP contribution in [0, 0.1) is 5.41 Å². The summed E-state index contributed by atoms with van der Waals surface area (Å²) in [5.74, 6) is 0.350. The molecule has 1 rings (SSSR count). The molecule has 0 saturated heterocycles. The summed E-state index contributed by atoms with van der Waals surface area (Å²) in [6.07, 6.45) is 1.57. The summed E-state index contributed by atoms with van der Waals surface area (Å²) in [4.78, 5) is 36.4. The maximum Gasteiger partial charge on any atom is 0.232 e. The third-order valence-electron chi connectivity index (χ3n) is 2.55. The average Bonchev–Trinajstić information content (AvgIpc) is 2.36. The highest BCUT2D eigenvalue weighted by Crippen LogP contribution is 2.34. The van der Waals surface area contributed by atoms with Gasteiger partial charge in [-0.05, 0) is 12.1 Å². The first-order chi connectivity index (χ1) is 8.77. The summed E-state index contributed by atoms with van der Waals surface area (Å²) in [6, 6.07) is 3.46. The van der Waals surface area contributed by atoms with E-state index in [9.17, 15) is 9.69 Å². The van der Waals surface area contributed by atoms with Gasteiger partial charge in [-0.25, -0.2) is 0 Å². The SMILES string of the molecule is CN(C(=O)C(C)(C)C)c1ccc(P(O)CPO)nc1. The summed E-state index contributed by atoms with van der Waals surface area (Å²) >= 11 is 0. The van der Waals surface area contributed by atoms with Crippen LogP contribution in [0.3, 0.4) is 0 Å². The van der Waals surface area contributed by atoms with E-state index in [4.69, 9.17) is 4.89 Å². The van der Waals surface area contributed by atoms with Crippen LogP contribution in [0.1, 0.15) is 20.8 Å². The smallest absolute Gasteiger partial charge is 0.232 e. The van der Waals surface area contributed by atoms with Crippen molar-refractivity contribution >= 4 is 34.0 Å². The first kappa shape index (κ1) is 16.5. The van der Waals surface area contributed by atoms with Gasteiger partial charge in [-0.15, -0.1) is 0 Å². The fourth-order valence-corrected chi connectivity index (χ4v) is 3.12. The number of amides is 1. The fourth-order valence-electron chi connectivity index (χ4n) is 1.50. The molecule has 0 aliphatic heterocycles. The van der Waals surface area contributed by atoms with Crippen LogP contribution in [0.15, 0.2) is 18.3 Å². The van der Waals surface area contributed by atoms with Crippen molar-refractivity contribution in [3.8, 4) is 0 Å². The number of hydrogen-bond donors (Lipinski definition) is 2. The highest BCUT2D eigenvalue weighted by molar-refractivity contribution is 7.67. The van der Waals surface area contributed by atoms with Gasteiger partial charge in [-0.3, -0.25) is 9.78 Å². The standard InChI is InChI=1S/C12H20N2O3P2/c1-12(2,3)11(15)14(4)9-5-6-10(13-7-9)19(17)8-18-16/h5-7,16-18H,8H2,1-4H3. The Morgan fingerprint density at radius 1 is 1.47 bits per heavy atom. The normalized spacial score (nSPS) is 13.8. The molecule has 2 unspecified atom stereocenters. The van der Waals surface area contributed by atoms with Crippen molar-refractivity contribution in [1.29, 1.82) is 0 Å². The molecule has 0 saturated carbocycles. The van der Waals surface area contributed by atoms with Crippen LogP contribution < -0.4 is 10.3 Å². The Hall–Kier alpha value is -0.600. The predicted molar refractivity (Wildman–Crippen MR) is 81.3 cm³/mol. The van der Waals surface area contributed by atoms with Gasteiger partial charge in [0.25, 0.3) is 0 Å². The molecule has 7 heteroatoms. The zero-order chi connectivity index (χ0) is 14.6. The molecule has 0 bridgehead atoms. The summed E-state index contributed by atoms with van der Waals surface area (Å²) in [5, 5.41) is 0. The second-order valence-electron chi connectivity index (χ2n) is 5.20. The lowest BCUT2D eigenvalue weighted by Crippen LogP contribution is -2.36. The molecule has 2 atom stereocenters. The van der Waals surface area contributed by atoms with Gasteiger partial charge in [-0.1, -0.05) is 20.8 Å². The third kappa shape index (κ3) is 4.47. The molecule has 0 aromatic carbocycles. The highest BCUT2D eigenvalue weighted by atomic mass is 31.2. The first-order valence-corrected chi connectivity index (χ1v) is 8.48. The molecule has 5 nitrogen and oxygen atoms in total. The fraction of sp³-hybridized carbons (Fsp3) is 0.500. The minimum Gasteiger partial charge on any atom is -0.377 e. The van der Waals surface area contributed by atoms with Crippen molar-refractivity contribution in [2.75, 3.05) is 17.9 Å². The van der Waals surface area contributed by atoms with Gasteiger partial charge < -0.3 is 14.7 Å². The quantitative estimate of drug-likeness (QED) is 0.829. The summed E-state index contributed by atoms with van der Waals surface area (Å²) < 4.78 is 0. The Labute approximate surface area is 116 Å². The maximum atomic E-state index is 12.1. The van der Waals surface area contributed by atoms with E-state index in [1.807, 2.05) is 20.8 Å². The molecule has 1 heterocycles. The molecule has 1 amide bonds. The van der Waals surface area contributed by atoms with Crippen LogP contribution in [0.2, 0.25) is 0 Å². The zero-order valence-corrected chi connectivity index (χ0v) is 13.5. The minimum atomic E-state index is -1.40. The van der Waals surface area contributed by atoms with E-state index in [1.54, 1.807) is 30.3 Å². The highest BCUT2D eigenvalue weighted by Gasteiger charge is 2.26. The predicted octanol–water partition coefficient (Wildman–Crippen LogP) is 1.65. The van der Waals surface area contributed by atoms with Crippen LogP contribution >= 0.6 is 17.0 Å². The van der Waals surface area contributed by atoms with Gasteiger partial charge in [0, 0.05) is 27.2 Å². The van der Waals surface area contributed by atoms with E-state index in [1.165, 1.54) is 0 Å². The topological polar surface area (TPSA) is 73.7 Å².